The summed E-state index contributed by atoms with van der Waals surface area (Å²) in [6.07, 6.45) is 1.29. The van der Waals surface area contributed by atoms with E-state index in [1.54, 1.807) is 20.8 Å². The lowest BCUT2D eigenvalue weighted by atomic mass is 10.0. The third kappa shape index (κ3) is 4.69. The van der Waals surface area contributed by atoms with Crippen LogP contribution in [0, 0.1) is 5.92 Å². The van der Waals surface area contributed by atoms with Crippen LogP contribution in [0.3, 0.4) is 0 Å². The Morgan fingerprint density at radius 2 is 2.00 bits per heavy atom. The highest BCUT2D eigenvalue weighted by Gasteiger charge is 2.29. The average molecular weight is 268 g/mol. The van der Waals surface area contributed by atoms with Crippen LogP contribution in [-0.2, 0) is 9.53 Å². The first-order valence-electron chi connectivity index (χ1n) is 6.10. The van der Waals surface area contributed by atoms with Crippen molar-refractivity contribution in [2.24, 2.45) is 5.92 Å². The van der Waals surface area contributed by atoms with Crippen molar-refractivity contribution < 1.29 is 14.3 Å². The van der Waals surface area contributed by atoms with Crippen molar-refractivity contribution in [3.8, 4) is 0 Å². The van der Waals surface area contributed by atoms with Gasteiger partial charge in [0.25, 0.3) is 5.91 Å². The highest BCUT2D eigenvalue weighted by atomic mass is 16.6. The van der Waals surface area contributed by atoms with Gasteiger partial charge in [-0.2, -0.15) is 15.4 Å². The highest BCUT2D eigenvalue weighted by Crippen LogP contribution is 2.12. The van der Waals surface area contributed by atoms with E-state index in [4.69, 9.17) is 4.74 Å². The van der Waals surface area contributed by atoms with Crippen LogP contribution in [0.1, 0.15) is 45.1 Å². The summed E-state index contributed by atoms with van der Waals surface area (Å²) in [5, 5.41) is 12.2. The zero-order chi connectivity index (χ0) is 14.6. The Balaban J connectivity index is 2.73. The van der Waals surface area contributed by atoms with Gasteiger partial charge >= 0.3 is 5.97 Å². The van der Waals surface area contributed by atoms with Gasteiger partial charge in [-0.05, 0) is 26.7 Å². The minimum absolute atomic E-state index is 0.0919. The number of carbonyl (C=O) groups is 2. The molecule has 1 aromatic rings. The van der Waals surface area contributed by atoms with E-state index in [0.717, 1.165) is 0 Å². The molecule has 7 nitrogen and oxygen atoms in total. The number of hydrogen-bond donors (Lipinski definition) is 2. The van der Waals surface area contributed by atoms with Gasteiger partial charge in [-0.15, -0.1) is 0 Å². The molecule has 0 aromatic carbocycles. The third-order valence-electron chi connectivity index (χ3n) is 2.26. The number of nitrogens with one attached hydrogen (secondary N) is 2. The van der Waals surface area contributed by atoms with E-state index in [1.165, 1.54) is 6.20 Å². The number of aromatic amines is 1. The predicted molar refractivity (Wildman–Crippen MR) is 68.3 cm³/mol. The summed E-state index contributed by atoms with van der Waals surface area (Å²) < 4.78 is 5.28. The van der Waals surface area contributed by atoms with Crippen molar-refractivity contribution in [3.63, 3.8) is 0 Å². The summed E-state index contributed by atoms with van der Waals surface area (Å²) in [6, 6.07) is -0.719. The van der Waals surface area contributed by atoms with E-state index in [9.17, 15) is 9.59 Å². The molecule has 0 bridgehead atoms. The Morgan fingerprint density at radius 3 is 2.42 bits per heavy atom. The number of aromatic nitrogens is 3. The zero-order valence-electron chi connectivity index (χ0n) is 11.9. The van der Waals surface area contributed by atoms with Crippen LogP contribution in [0.4, 0.5) is 0 Å². The van der Waals surface area contributed by atoms with Crippen LogP contribution in [-0.4, -0.2) is 38.9 Å². The first-order chi connectivity index (χ1) is 8.70. The van der Waals surface area contributed by atoms with Crippen LogP contribution in [0.5, 0.6) is 0 Å². The maximum Gasteiger partial charge on any atom is 0.329 e. The first-order valence-corrected chi connectivity index (χ1v) is 6.10. The number of rotatable bonds is 4. The monoisotopic (exact) mass is 268 g/mol. The Kier molecular flexibility index (Phi) is 4.63. The summed E-state index contributed by atoms with van der Waals surface area (Å²) in [4.78, 5) is 23.9. The molecule has 1 heterocycles. The molecule has 0 spiro atoms. The largest absolute Gasteiger partial charge is 0.458 e. The summed E-state index contributed by atoms with van der Waals surface area (Å²) in [5.41, 5.74) is -0.461. The van der Waals surface area contributed by atoms with Gasteiger partial charge in [0.05, 0.1) is 6.20 Å². The first kappa shape index (κ1) is 15.1. The van der Waals surface area contributed by atoms with Crippen molar-refractivity contribution in [1.82, 2.24) is 20.7 Å². The fraction of sp³-hybridized carbons (Fsp3) is 0.667. The van der Waals surface area contributed by atoms with E-state index in [1.807, 2.05) is 13.8 Å². The van der Waals surface area contributed by atoms with E-state index in [2.05, 4.69) is 20.7 Å². The molecule has 1 amide bonds. The number of esters is 1. The highest BCUT2D eigenvalue weighted by molar-refractivity contribution is 5.94. The number of carbonyl (C=O) groups excluding carboxylic acids is 2. The summed E-state index contributed by atoms with van der Waals surface area (Å²) in [7, 11) is 0. The van der Waals surface area contributed by atoms with Crippen molar-refractivity contribution in [3.05, 3.63) is 11.9 Å². The second-order valence-electron chi connectivity index (χ2n) is 5.58. The van der Waals surface area contributed by atoms with Crippen LogP contribution < -0.4 is 5.32 Å². The van der Waals surface area contributed by atoms with Crippen LogP contribution in [0.15, 0.2) is 6.20 Å². The lowest BCUT2D eigenvalue weighted by Gasteiger charge is -2.26. The normalized spacial score (nSPS) is 13.2. The number of amides is 1. The Hall–Kier alpha value is -1.92. The molecular weight excluding hydrogens is 248 g/mol. The Bertz CT molecular complexity index is 434. The molecule has 19 heavy (non-hydrogen) atoms. The van der Waals surface area contributed by atoms with E-state index < -0.39 is 23.5 Å². The van der Waals surface area contributed by atoms with Gasteiger partial charge in [0, 0.05) is 0 Å². The molecule has 0 aliphatic carbocycles. The van der Waals surface area contributed by atoms with Gasteiger partial charge in [0.15, 0.2) is 5.69 Å². The molecule has 0 saturated carbocycles. The van der Waals surface area contributed by atoms with Crippen molar-refractivity contribution in [2.75, 3.05) is 0 Å². The van der Waals surface area contributed by atoms with Crippen LogP contribution in [0.2, 0.25) is 0 Å². The van der Waals surface area contributed by atoms with Crippen molar-refractivity contribution >= 4 is 11.9 Å². The molecule has 1 aromatic heterocycles. The number of H-pyrrole nitrogens is 1. The van der Waals surface area contributed by atoms with Crippen molar-refractivity contribution in [2.45, 2.75) is 46.3 Å². The quantitative estimate of drug-likeness (QED) is 0.791. The predicted octanol–water partition coefficient (Wildman–Crippen LogP) is 0.901. The second-order valence-corrected chi connectivity index (χ2v) is 5.58. The van der Waals surface area contributed by atoms with Gasteiger partial charge < -0.3 is 10.1 Å². The standard InChI is InChI=1S/C12H20N4O3/c1-7(2)9(11(18)19-12(3,4)5)14-10(17)8-6-13-16-15-8/h6-7,9H,1-5H3,(H,14,17)(H,13,15,16)/t9-/m0/s1. The molecule has 2 N–H and O–H groups in total. The Labute approximate surface area is 112 Å². The molecule has 0 fully saturated rings. The van der Waals surface area contributed by atoms with E-state index >= 15 is 0 Å². The fourth-order valence-electron chi connectivity index (χ4n) is 1.39. The van der Waals surface area contributed by atoms with Crippen LogP contribution >= 0.6 is 0 Å². The smallest absolute Gasteiger partial charge is 0.329 e. The van der Waals surface area contributed by atoms with Crippen LogP contribution in [0.25, 0.3) is 0 Å². The molecule has 1 rings (SSSR count). The third-order valence-corrected chi connectivity index (χ3v) is 2.26. The van der Waals surface area contributed by atoms with Gasteiger partial charge in [0.2, 0.25) is 0 Å². The van der Waals surface area contributed by atoms with Gasteiger partial charge in [0.1, 0.15) is 11.6 Å². The van der Waals surface area contributed by atoms with Gasteiger partial charge in [-0.1, -0.05) is 13.8 Å². The van der Waals surface area contributed by atoms with Gasteiger partial charge in [-0.25, -0.2) is 4.79 Å². The lowest BCUT2D eigenvalue weighted by molar-refractivity contribution is -0.158. The fourth-order valence-corrected chi connectivity index (χ4v) is 1.39. The van der Waals surface area contributed by atoms with Crippen molar-refractivity contribution in [1.29, 1.82) is 0 Å². The van der Waals surface area contributed by atoms with E-state index in [0.29, 0.717) is 0 Å². The number of nitrogens with zero attached hydrogens (tertiary/aromatic N) is 2. The molecule has 0 radical (unpaired) electrons. The molecule has 0 aliphatic rings. The molecule has 1 atom stereocenters. The zero-order valence-corrected chi connectivity index (χ0v) is 11.9. The van der Waals surface area contributed by atoms with E-state index in [-0.39, 0.29) is 11.6 Å². The minimum Gasteiger partial charge on any atom is -0.458 e. The summed E-state index contributed by atoms with van der Waals surface area (Å²) in [6.45, 7) is 9.00. The SMILES string of the molecule is CC(C)[C@H](NC(=O)c1cn[nH]n1)C(=O)OC(C)(C)C. The number of hydrogen-bond acceptors (Lipinski definition) is 5. The Morgan fingerprint density at radius 1 is 1.37 bits per heavy atom. The summed E-state index contributed by atoms with van der Waals surface area (Å²) >= 11 is 0. The molecule has 0 aliphatic heterocycles. The minimum atomic E-state index is -0.719. The average Bonchev–Trinajstić information content (AvgIpc) is 2.75. The maximum atomic E-state index is 12.0. The lowest BCUT2D eigenvalue weighted by Crippen LogP contribution is -2.47. The molecule has 106 valence electrons. The maximum absolute atomic E-state index is 12.0. The number of ether oxygens (including phenoxy) is 1. The second kappa shape index (κ2) is 5.81. The molecular formula is C12H20N4O3. The summed E-state index contributed by atoms with van der Waals surface area (Å²) in [5.74, 6) is -1.01. The van der Waals surface area contributed by atoms with Gasteiger partial charge in [-0.3, -0.25) is 4.79 Å². The molecule has 0 unspecified atom stereocenters. The molecule has 7 heteroatoms. The molecule has 0 saturated heterocycles. The topological polar surface area (TPSA) is 97.0 Å².